The van der Waals surface area contributed by atoms with Gasteiger partial charge in [0.05, 0.1) is 11.3 Å². The monoisotopic (exact) mass is 285 g/mol. The highest BCUT2D eigenvalue weighted by Crippen LogP contribution is 2.25. The van der Waals surface area contributed by atoms with Gasteiger partial charge in [-0.3, -0.25) is 9.59 Å². The Hall–Kier alpha value is -3.02. The first-order chi connectivity index (χ1) is 10.0. The number of hydrogen-bond acceptors (Lipinski definition) is 4. The van der Waals surface area contributed by atoms with Crippen molar-refractivity contribution < 1.29 is 14.7 Å². The van der Waals surface area contributed by atoms with Crippen LogP contribution in [0.4, 0.5) is 11.4 Å². The number of rotatable bonds is 3. The molecule has 0 aliphatic carbocycles. The van der Waals surface area contributed by atoms with Gasteiger partial charge in [0.25, 0.3) is 11.8 Å². The van der Waals surface area contributed by atoms with E-state index in [1.54, 1.807) is 30.3 Å². The zero-order valence-electron chi connectivity index (χ0n) is 11.4. The normalized spacial score (nSPS) is 9.95. The number of para-hydroxylation sites is 1. The fourth-order valence-electron chi connectivity index (χ4n) is 1.83. The third-order valence-electron chi connectivity index (χ3n) is 2.92. The van der Waals surface area contributed by atoms with Crippen molar-refractivity contribution in [2.24, 2.45) is 0 Å². The van der Waals surface area contributed by atoms with Crippen LogP contribution in [0.5, 0.6) is 5.75 Å². The molecule has 0 spiro atoms. The Bertz CT molecular complexity index is 698. The summed E-state index contributed by atoms with van der Waals surface area (Å²) in [4.78, 5) is 23.7. The van der Waals surface area contributed by atoms with Gasteiger partial charge in [0.1, 0.15) is 0 Å². The molecule has 21 heavy (non-hydrogen) atoms. The van der Waals surface area contributed by atoms with E-state index < -0.39 is 5.91 Å². The van der Waals surface area contributed by atoms with E-state index in [2.05, 4.69) is 10.6 Å². The molecule has 0 saturated heterocycles. The van der Waals surface area contributed by atoms with Crippen molar-refractivity contribution >= 4 is 23.2 Å². The molecule has 6 heteroatoms. The van der Waals surface area contributed by atoms with Crippen molar-refractivity contribution in [1.29, 1.82) is 0 Å². The van der Waals surface area contributed by atoms with Crippen LogP contribution in [0.25, 0.3) is 0 Å². The topological polar surface area (TPSA) is 104 Å². The third kappa shape index (κ3) is 3.11. The maximum atomic E-state index is 12.1. The number of nitrogens with two attached hydrogens (primary N) is 1. The third-order valence-corrected chi connectivity index (χ3v) is 2.92. The first-order valence-corrected chi connectivity index (χ1v) is 6.24. The second-order valence-electron chi connectivity index (χ2n) is 4.36. The summed E-state index contributed by atoms with van der Waals surface area (Å²) in [6.07, 6.45) is 0. The van der Waals surface area contributed by atoms with E-state index in [4.69, 9.17) is 5.73 Å². The number of hydrogen-bond donors (Lipinski definition) is 4. The fourth-order valence-corrected chi connectivity index (χ4v) is 1.83. The largest absolute Gasteiger partial charge is 0.505 e. The summed E-state index contributed by atoms with van der Waals surface area (Å²) >= 11 is 0. The number of phenolic OH excluding ortho intramolecular Hbond substituents is 1. The van der Waals surface area contributed by atoms with Gasteiger partial charge >= 0.3 is 0 Å². The second-order valence-corrected chi connectivity index (χ2v) is 4.36. The van der Waals surface area contributed by atoms with Crippen LogP contribution in [0.2, 0.25) is 0 Å². The summed E-state index contributed by atoms with van der Waals surface area (Å²) in [5, 5.41) is 14.9. The first kappa shape index (κ1) is 14.4. The van der Waals surface area contributed by atoms with E-state index in [0.29, 0.717) is 11.3 Å². The number of nitrogens with one attached hydrogen (secondary N) is 2. The van der Waals surface area contributed by atoms with Gasteiger partial charge < -0.3 is 21.5 Å². The van der Waals surface area contributed by atoms with E-state index in [9.17, 15) is 14.7 Å². The number of anilines is 2. The van der Waals surface area contributed by atoms with Gasteiger partial charge in [0.2, 0.25) is 0 Å². The van der Waals surface area contributed by atoms with Crippen LogP contribution in [-0.2, 0) is 0 Å². The molecule has 2 aromatic rings. The summed E-state index contributed by atoms with van der Waals surface area (Å²) in [6.45, 7) is 0. The summed E-state index contributed by atoms with van der Waals surface area (Å²) in [5.74, 6) is -1.02. The zero-order chi connectivity index (χ0) is 15.4. The Morgan fingerprint density at radius 3 is 2.52 bits per heavy atom. The number of carbonyl (C=O) groups is 2. The molecule has 0 saturated carbocycles. The van der Waals surface area contributed by atoms with E-state index >= 15 is 0 Å². The molecule has 0 aliphatic rings. The minimum Gasteiger partial charge on any atom is -0.505 e. The molecule has 2 amide bonds. The molecule has 2 aromatic carbocycles. The molecule has 6 nitrogen and oxygen atoms in total. The van der Waals surface area contributed by atoms with E-state index in [0.717, 1.165) is 0 Å². The lowest BCUT2D eigenvalue weighted by Gasteiger charge is -2.09. The van der Waals surface area contributed by atoms with Crippen LogP contribution in [0.3, 0.4) is 0 Å². The highest BCUT2D eigenvalue weighted by Gasteiger charge is 2.13. The Labute approximate surface area is 121 Å². The van der Waals surface area contributed by atoms with Gasteiger partial charge in [0.15, 0.2) is 5.75 Å². The zero-order valence-corrected chi connectivity index (χ0v) is 11.4. The molecule has 0 radical (unpaired) electrons. The quantitative estimate of drug-likeness (QED) is 0.507. The molecule has 0 unspecified atom stereocenters. The molecular weight excluding hydrogens is 270 g/mol. The van der Waals surface area contributed by atoms with Gasteiger partial charge in [-0.25, -0.2) is 0 Å². The van der Waals surface area contributed by atoms with Crippen LogP contribution in [0.1, 0.15) is 20.7 Å². The van der Waals surface area contributed by atoms with Crippen molar-refractivity contribution in [3.05, 3.63) is 53.6 Å². The van der Waals surface area contributed by atoms with Gasteiger partial charge in [-0.15, -0.1) is 0 Å². The summed E-state index contributed by atoms with van der Waals surface area (Å²) in [5.41, 5.74) is 6.62. The average molecular weight is 285 g/mol. The highest BCUT2D eigenvalue weighted by atomic mass is 16.3. The minimum atomic E-state index is -0.506. The molecule has 0 aliphatic heterocycles. The van der Waals surface area contributed by atoms with Crippen molar-refractivity contribution in [3.8, 4) is 5.75 Å². The number of amides is 2. The smallest absolute Gasteiger partial charge is 0.259 e. The standard InChI is InChI=1S/C15H15N3O3/c1-17-14(20)9-4-2-5-10(8-9)18-15(21)11-6-3-7-12(16)13(11)19/h2-8,19H,16H2,1H3,(H,17,20)(H,18,21). The maximum absolute atomic E-state index is 12.1. The Morgan fingerprint density at radius 2 is 1.81 bits per heavy atom. The van der Waals surface area contributed by atoms with Gasteiger partial charge in [-0.2, -0.15) is 0 Å². The van der Waals surface area contributed by atoms with Crippen molar-refractivity contribution in [3.63, 3.8) is 0 Å². The number of carbonyl (C=O) groups excluding carboxylic acids is 2. The molecule has 108 valence electrons. The highest BCUT2D eigenvalue weighted by molar-refractivity contribution is 6.07. The Balaban J connectivity index is 2.24. The number of nitrogen functional groups attached to an aromatic ring is 1. The van der Waals surface area contributed by atoms with E-state index in [-0.39, 0.29) is 22.9 Å². The lowest BCUT2D eigenvalue weighted by molar-refractivity contribution is 0.0961. The number of aromatic hydroxyl groups is 1. The molecule has 5 N–H and O–H groups in total. The van der Waals surface area contributed by atoms with Gasteiger partial charge in [0, 0.05) is 18.3 Å². The fraction of sp³-hybridized carbons (Fsp3) is 0.0667. The number of benzene rings is 2. The van der Waals surface area contributed by atoms with Crippen LogP contribution in [0, 0.1) is 0 Å². The lowest BCUT2D eigenvalue weighted by atomic mass is 10.1. The van der Waals surface area contributed by atoms with Gasteiger partial charge in [-0.1, -0.05) is 12.1 Å². The summed E-state index contributed by atoms with van der Waals surface area (Å²) in [7, 11) is 1.53. The summed E-state index contributed by atoms with van der Waals surface area (Å²) < 4.78 is 0. The predicted molar refractivity (Wildman–Crippen MR) is 80.3 cm³/mol. The molecule has 0 atom stereocenters. The van der Waals surface area contributed by atoms with E-state index in [1.807, 2.05) is 0 Å². The molecule has 0 bridgehead atoms. The molecule has 0 fully saturated rings. The van der Waals surface area contributed by atoms with Crippen molar-refractivity contribution in [1.82, 2.24) is 5.32 Å². The predicted octanol–water partition coefficient (Wildman–Crippen LogP) is 1.59. The molecule has 0 heterocycles. The minimum absolute atomic E-state index is 0.0698. The van der Waals surface area contributed by atoms with Crippen LogP contribution < -0.4 is 16.4 Å². The molecule has 2 rings (SSSR count). The van der Waals surface area contributed by atoms with Crippen molar-refractivity contribution in [2.75, 3.05) is 18.1 Å². The molecular formula is C15H15N3O3. The first-order valence-electron chi connectivity index (χ1n) is 6.24. The van der Waals surface area contributed by atoms with Crippen molar-refractivity contribution in [2.45, 2.75) is 0 Å². The summed E-state index contributed by atoms with van der Waals surface area (Å²) in [6, 6.07) is 11.0. The lowest BCUT2D eigenvalue weighted by Crippen LogP contribution is -2.18. The number of phenols is 1. The Morgan fingerprint density at radius 1 is 1.10 bits per heavy atom. The van der Waals surface area contributed by atoms with Crippen LogP contribution in [-0.4, -0.2) is 24.0 Å². The second kappa shape index (κ2) is 5.96. The Kier molecular flexibility index (Phi) is 4.08. The molecule has 0 aromatic heterocycles. The van der Waals surface area contributed by atoms with Gasteiger partial charge in [-0.05, 0) is 30.3 Å². The maximum Gasteiger partial charge on any atom is 0.259 e. The average Bonchev–Trinajstić information content (AvgIpc) is 2.49. The SMILES string of the molecule is CNC(=O)c1cccc(NC(=O)c2cccc(N)c2O)c1. The van der Waals surface area contributed by atoms with Crippen LogP contribution in [0.15, 0.2) is 42.5 Å². The van der Waals surface area contributed by atoms with Crippen LogP contribution >= 0.6 is 0 Å². The van der Waals surface area contributed by atoms with E-state index in [1.165, 1.54) is 19.2 Å².